The Morgan fingerprint density at radius 3 is 2.77 bits per heavy atom. The number of unbranched alkanes of at least 4 members (excludes halogenated alkanes) is 1. The maximum absolute atomic E-state index is 6.98. The van der Waals surface area contributed by atoms with Gasteiger partial charge in [-0.2, -0.15) is 0 Å². The smallest absolute Gasteiger partial charge is 0.0194 e. The average Bonchev–Trinajstić information content (AvgIpc) is 2.14. The minimum Gasteiger partial charge on any atom is -0.388 e. The van der Waals surface area contributed by atoms with Crippen molar-refractivity contribution in [2.75, 3.05) is 13.1 Å². The van der Waals surface area contributed by atoms with Gasteiger partial charge in [0.05, 0.1) is 0 Å². The Balaban J connectivity index is 3.67. The Bertz CT molecular complexity index is 152. The van der Waals surface area contributed by atoms with E-state index in [4.69, 9.17) is 11.1 Å². The molecule has 3 nitrogen and oxygen atoms in total. The third-order valence-corrected chi connectivity index (χ3v) is 1.82. The van der Waals surface area contributed by atoms with Crippen LogP contribution < -0.4 is 11.1 Å². The zero-order valence-corrected chi connectivity index (χ0v) is 8.47. The Kier molecular flexibility index (Phi) is 8.67. The molecule has 0 fully saturated rings. The zero-order valence-electron chi connectivity index (χ0n) is 8.47. The molecule has 0 aliphatic rings. The zero-order chi connectivity index (χ0) is 9.94. The lowest BCUT2D eigenvalue weighted by molar-refractivity contribution is 0.671. The summed E-state index contributed by atoms with van der Waals surface area (Å²) in [6.45, 7) is 3.88. The van der Waals surface area contributed by atoms with Crippen LogP contribution in [-0.4, -0.2) is 19.3 Å². The summed E-state index contributed by atoms with van der Waals surface area (Å²) in [4.78, 5) is 0. The summed E-state index contributed by atoms with van der Waals surface area (Å²) in [6.07, 6.45) is 7.45. The fraction of sp³-hybridized carbons (Fsp3) is 0.700. The number of rotatable bonds is 8. The van der Waals surface area contributed by atoms with E-state index in [1.807, 2.05) is 6.08 Å². The molecule has 0 heterocycles. The monoisotopic (exact) mass is 183 g/mol. The van der Waals surface area contributed by atoms with E-state index in [-0.39, 0.29) is 0 Å². The molecule has 0 saturated carbocycles. The molecule has 0 unspecified atom stereocenters. The van der Waals surface area contributed by atoms with Gasteiger partial charge in [0.15, 0.2) is 0 Å². The highest BCUT2D eigenvalue weighted by Gasteiger charge is 1.94. The van der Waals surface area contributed by atoms with Crippen LogP contribution in [-0.2, 0) is 0 Å². The van der Waals surface area contributed by atoms with Gasteiger partial charge in [-0.15, -0.1) is 0 Å². The molecule has 0 spiro atoms. The lowest BCUT2D eigenvalue weighted by atomic mass is 10.2. The average molecular weight is 183 g/mol. The topological polar surface area (TPSA) is 61.9 Å². The maximum atomic E-state index is 6.98. The summed E-state index contributed by atoms with van der Waals surface area (Å²) in [6, 6.07) is 0. The molecule has 4 N–H and O–H groups in total. The highest BCUT2D eigenvalue weighted by molar-refractivity contribution is 5.68. The minimum atomic E-state index is 0.713. The Labute approximate surface area is 80.9 Å². The van der Waals surface area contributed by atoms with Crippen LogP contribution in [0.25, 0.3) is 0 Å². The molecule has 0 amide bonds. The van der Waals surface area contributed by atoms with Crippen molar-refractivity contribution < 1.29 is 0 Å². The van der Waals surface area contributed by atoms with Gasteiger partial charge in [-0.3, -0.25) is 0 Å². The van der Waals surface area contributed by atoms with E-state index in [1.165, 1.54) is 19.1 Å². The van der Waals surface area contributed by atoms with Crippen molar-refractivity contribution >= 4 is 6.21 Å². The van der Waals surface area contributed by atoms with Crippen LogP contribution in [0.2, 0.25) is 0 Å². The standard InChI is InChI=1S/C10H21N3/c1-2-3-9-13-10(6-8-12)5-4-7-11/h6,8,12-13H,2-5,7,9,11H2,1H3/b10-6-,12-8?. The molecule has 0 bridgehead atoms. The minimum absolute atomic E-state index is 0.713. The molecule has 76 valence electrons. The normalized spacial score (nSPS) is 11.4. The third-order valence-electron chi connectivity index (χ3n) is 1.82. The molecule has 3 heteroatoms. The van der Waals surface area contributed by atoms with Crippen molar-refractivity contribution in [3.8, 4) is 0 Å². The van der Waals surface area contributed by atoms with Crippen LogP contribution in [0.5, 0.6) is 0 Å². The van der Waals surface area contributed by atoms with Gasteiger partial charge in [0.25, 0.3) is 0 Å². The van der Waals surface area contributed by atoms with E-state index in [0.717, 1.165) is 25.1 Å². The van der Waals surface area contributed by atoms with Gasteiger partial charge in [-0.25, -0.2) is 0 Å². The number of hydrogen-bond acceptors (Lipinski definition) is 3. The van der Waals surface area contributed by atoms with Gasteiger partial charge in [0.1, 0.15) is 0 Å². The van der Waals surface area contributed by atoms with Gasteiger partial charge in [-0.05, 0) is 31.9 Å². The van der Waals surface area contributed by atoms with Gasteiger partial charge in [-0.1, -0.05) is 13.3 Å². The molecule has 13 heavy (non-hydrogen) atoms. The summed E-state index contributed by atoms with van der Waals surface area (Å²) < 4.78 is 0. The van der Waals surface area contributed by atoms with Crippen LogP contribution in [0.4, 0.5) is 0 Å². The van der Waals surface area contributed by atoms with Gasteiger partial charge in [0.2, 0.25) is 0 Å². The van der Waals surface area contributed by atoms with Crippen molar-refractivity contribution in [2.24, 2.45) is 5.73 Å². The molecule has 0 aromatic heterocycles. The molecule has 0 radical (unpaired) electrons. The first-order chi connectivity index (χ1) is 6.35. The van der Waals surface area contributed by atoms with Crippen molar-refractivity contribution in [3.63, 3.8) is 0 Å². The van der Waals surface area contributed by atoms with E-state index in [1.54, 1.807) is 0 Å². The Morgan fingerprint density at radius 1 is 1.46 bits per heavy atom. The second-order valence-corrected chi connectivity index (χ2v) is 3.03. The lowest BCUT2D eigenvalue weighted by Crippen LogP contribution is -2.15. The maximum Gasteiger partial charge on any atom is 0.0194 e. The van der Waals surface area contributed by atoms with Gasteiger partial charge < -0.3 is 16.5 Å². The number of nitrogens with two attached hydrogens (primary N) is 1. The first-order valence-electron chi connectivity index (χ1n) is 4.98. The van der Waals surface area contributed by atoms with Crippen molar-refractivity contribution in [1.29, 1.82) is 5.41 Å². The van der Waals surface area contributed by atoms with E-state index >= 15 is 0 Å². The number of allylic oxidation sites excluding steroid dienone is 2. The molecule has 0 atom stereocenters. The molecule has 0 rings (SSSR count). The molecular formula is C10H21N3. The first kappa shape index (κ1) is 12.2. The summed E-state index contributed by atoms with van der Waals surface area (Å²) in [5.74, 6) is 0. The van der Waals surface area contributed by atoms with Crippen LogP contribution in [0, 0.1) is 5.41 Å². The Morgan fingerprint density at radius 2 is 2.23 bits per heavy atom. The lowest BCUT2D eigenvalue weighted by Gasteiger charge is -2.08. The molecule has 0 aliphatic carbocycles. The van der Waals surface area contributed by atoms with E-state index in [2.05, 4.69) is 12.2 Å². The van der Waals surface area contributed by atoms with Crippen molar-refractivity contribution in [2.45, 2.75) is 32.6 Å². The van der Waals surface area contributed by atoms with E-state index in [9.17, 15) is 0 Å². The molecule has 0 aromatic rings. The summed E-state index contributed by atoms with van der Waals surface area (Å²) in [5, 5.41) is 10.3. The van der Waals surface area contributed by atoms with Crippen LogP contribution in [0.3, 0.4) is 0 Å². The highest BCUT2D eigenvalue weighted by Crippen LogP contribution is 1.99. The van der Waals surface area contributed by atoms with Gasteiger partial charge >= 0.3 is 0 Å². The van der Waals surface area contributed by atoms with Crippen LogP contribution in [0.1, 0.15) is 32.6 Å². The summed E-state index contributed by atoms with van der Waals surface area (Å²) in [7, 11) is 0. The second-order valence-electron chi connectivity index (χ2n) is 3.03. The van der Waals surface area contributed by atoms with Crippen LogP contribution in [0.15, 0.2) is 11.8 Å². The fourth-order valence-corrected chi connectivity index (χ4v) is 1.05. The SMILES string of the molecule is CCCCN/C(=C\C=N)CCCN. The second kappa shape index (κ2) is 9.26. The molecular weight excluding hydrogens is 162 g/mol. The largest absolute Gasteiger partial charge is 0.388 e. The Hall–Kier alpha value is -0.830. The summed E-state index contributed by atoms with van der Waals surface area (Å²) >= 11 is 0. The molecule has 0 aliphatic heterocycles. The first-order valence-corrected chi connectivity index (χ1v) is 4.98. The summed E-state index contributed by atoms with van der Waals surface area (Å²) in [5.41, 5.74) is 6.55. The quantitative estimate of drug-likeness (QED) is 0.396. The molecule has 0 saturated heterocycles. The highest BCUT2D eigenvalue weighted by atomic mass is 14.9. The predicted octanol–water partition coefficient (Wildman–Crippen LogP) is 1.65. The molecule has 0 aromatic carbocycles. The van der Waals surface area contributed by atoms with Crippen molar-refractivity contribution in [3.05, 3.63) is 11.8 Å². The fourth-order valence-electron chi connectivity index (χ4n) is 1.05. The number of hydrogen-bond donors (Lipinski definition) is 3. The third kappa shape index (κ3) is 7.53. The van der Waals surface area contributed by atoms with E-state index in [0.29, 0.717) is 6.54 Å². The van der Waals surface area contributed by atoms with Gasteiger partial charge in [0, 0.05) is 18.5 Å². The van der Waals surface area contributed by atoms with Crippen molar-refractivity contribution in [1.82, 2.24) is 5.32 Å². The van der Waals surface area contributed by atoms with Crippen LogP contribution >= 0.6 is 0 Å². The van der Waals surface area contributed by atoms with E-state index < -0.39 is 0 Å². The number of nitrogens with one attached hydrogen (secondary N) is 2. The predicted molar refractivity (Wildman–Crippen MR) is 58.1 cm³/mol.